The number of carbonyl (C=O) groups is 2. The van der Waals surface area contributed by atoms with E-state index in [9.17, 15) is 9.59 Å². The molecule has 0 atom stereocenters. The highest BCUT2D eigenvalue weighted by Crippen LogP contribution is 2.30. The molecule has 0 fully saturated rings. The molecule has 1 N–H and O–H groups in total. The van der Waals surface area contributed by atoms with Gasteiger partial charge in [0.15, 0.2) is 11.5 Å². The van der Waals surface area contributed by atoms with Crippen molar-refractivity contribution >= 4 is 17.5 Å². The Morgan fingerprint density at radius 1 is 1.12 bits per heavy atom. The quantitative estimate of drug-likeness (QED) is 0.551. The van der Waals surface area contributed by atoms with E-state index in [2.05, 4.69) is 5.32 Å². The third-order valence-electron chi connectivity index (χ3n) is 3.13. The van der Waals surface area contributed by atoms with Crippen LogP contribution in [-0.4, -0.2) is 43.5 Å². The van der Waals surface area contributed by atoms with Crippen molar-refractivity contribution in [1.29, 1.82) is 0 Å². The molecule has 0 spiro atoms. The van der Waals surface area contributed by atoms with Crippen molar-refractivity contribution in [1.82, 2.24) is 4.90 Å². The number of hydrogen-bond acceptors (Lipinski definition) is 4. The predicted octanol–water partition coefficient (Wildman–Crippen LogP) is 3.01. The molecule has 0 saturated carbocycles. The van der Waals surface area contributed by atoms with Crippen LogP contribution in [0.3, 0.4) is 0 Å². The zero-order valence-corrected chi connectivity index (χ0v) is 15.2. The number of likely N-dealkylation sites (N-methyl/N-ethyl adjacent to an activating group) is 1. The first kappa shape index (κ1) is 20.3. The second-order valence-corrected chi connectivity index (χ2v) is 5.15. The van der Waals surface area contributed by atoms with Gasteiger partial charge >= 0.3 is 0 Å². The summed E-state index contributed by atoms with van der Waals surface area (Å²) in [7, 11) is 1.58. The topological polar surface area (TPSA) is 67.9 Å². The van der Waals surface area contributed by atoms with Crippen molar-refractivity contribution < 1.29 is 19.1 Å². The molecule has 2 amide bonds. The Balaban J connectivity index is 2.70. The molecule has 1 aromatic carbocycles. The molecule has 0 saturated heterocycles. The van der Waals surface area contributed by atoms with Crippen molar-refractivity contribution in [3.05, 3.63) is 42.5 Å². The van der Waals surface area contributed by atoms with Crippen LogP contribution >= 0.6 is 0 Å². The Kier molecular flexibility index (Phi) is 8.85. The third kappa shape index (κ3) is 7.12. The molecule has 136 valence electrons. The van der Waals surface area contributed by atoms with Crippen LogP contribution in [0.2, 0.25) is 0 Å². The Morgan fingerprint density at radius 3 is 2.44 bits per heavy atom. The minimum Gasteiger partial charge on any atom is -0.490 e. The highest BCUT2D eigenvalue weighted by atomic mass is 16.5. The largest absolute Gasteiger partial charge is 0.490 e. The smallest absolute Gasteiger partial charge is 0.246 e. The molecule has 0 aromatic heterocycles. The van der Waals surface area contributed by atoms with Crippen LogP contribution in [0.25, 0.3) is 0 Å². The number of allylic oxidation sites excluding steroid dienone is 3. The van der Waals surface area contributed by atoms with Crippen LogP contribution in [0.4, 0.5) is 5.69 Å². The lowest BCUT2D eigenvalue weighted by Crippen LogP contribution is -2.33. The molecule has 0 bridgehead atoms. The van der Waals surface area contributed by atoms with E-state index in [1.54, 1.807) is 37.4 Å². The van der Waals surface area contributed by atoms with Crippen molar-refractivity contribution in [2.75, 3.05) is 32.1 Å². The summed E-state index contributed by atoms with van der Waals surface area (Å²) in [4.78, 5) is 25.3. The molecule has 0 aliphatic heterocycles. The summed E-state index contributed by atoms with van der Waals surface area (Å²) >= 11 is 0. The summed E-state index contributed by atoms with van der Waals surface area (Å²) in [5.74, 6) is 0.668. The number of ether oxygens (including phenoxy) is 2. The van der Waals surface area contributed by atoms with E-state index in [0.717, 1.165) is 0 Å². The van der Waals surface area contributed by atoms with Gasteiger partial charge in [-0.25, -0.2) is 0 Å². The Labute approximate surface area is 149 Å². The van der Waals surface area contributed by atoms with Crippen LogP contribution in [0.5, 0.6) is 11.5 Å². The first-order valence-corrected chi connectivity index (χ1v) is 8.25. The van der Waals surface area contributed by atoms with Gasteiger partial charge in [0.2, 0.25) is 11.8 Å². The molecule has 1 rings (SSSR count). The van der Waals surface area contributed by atoms with Gasteiger partial charge in [-0.1, -0.05) is 18.2 Å². The molecular formula is C19H26N2O4. The fourth-order valence-corrected chi connectivity index (χ4v) is 2.00. The number of nitrogens with zero attached hydrogens (tertiary/aromatic N) is 1. The number of rotatable bonds is 9. The van der Waals surface area contributed by atoms with Crippen LogP contribution in [0.1, 0.15) is 20.8 Å². The maximum Gasteiger partial charge on any atom is 0.246 e. The van der Waals surface area contributed by atoms with Crippen LogP contribution in [-0.2, 0) is 9.59 Å². The maximum absolute atomic E-state index is 12.1. The Hall–Kier alpha value is -2.76. The highest BCUT2D eigenvalue weighted by molar-refractivity contribution is 5.96. The van der Waals surface area contributed by atoms with Gasteiger partial charge in [-0.15, -0.1) is 0 Å². The summed E-state index contributed by atoms with van der Waals surface area (Å²) in [5, 5.41) is 2.76. The van der Waals surface area contributed by atoms with Crippen molar-refractivity contribution in [3.63, 3.8) is 0 Å². The van der Waals surface area contributed by atoms with Gasteiger partial charge in [-0.3, -0.25) is 9.59 Å². The first-order chi connectivity index (χ1) is 12.0. The lowest BCUT2D eigenvalue weighted by atomic mass is 10.2. The van der Waals surface area contributed by atoms with E-state index < -0.39 is 0 Å². The molecular weight excluding hydrogens is 320 g/mol. The molecule has 0 heterocycles. The zero-order valence-electron chi connectivity index (χ0n) is 15.2. The fourth-order valence-electron chi connectivity index (χ4n) is 2.00. The number of hydrogen-bond donors (Lipinski definition) is 1. The SMILES string of the molecule is C/C=C/C=C/C(=O)N(C)CC(=O)Nc1ccc(OCC)c(OCC)c1. The monoisotopic (exact) mass is 346 g/mol. The van der Waals surface area contributed by atoms with Gasteiger partial charge in [-0.2, -0.15) is 0 Å². The summed E-state index contributed by atoms with van der Waals surface area (Å²) < 4.78 is 11.0. The second kappa shape index (κ2) is 10.9. The normalized spacial score (nSPS) is 10.9. The third-order valence-corrected chi connectivity index (χ3v) is 3.13. The van der Waals surface area contributed by atoms with Crippen LogP contribution in [0.15, 0.2) is 42.5 Å². The average molecular weight is 346 g/mol. The molecule has 25 heavy (non-hydrogen) atoms. The highest BCUT2D eigenvalue weighted by Gasteiger charge is 2.12. The second-order valence-electron chi connectivity index (χ2n) is 5.15. The molecule has 6 heteroatoms. The molecule has 6 nitrogen and oxygen atoms in total. The minimum atomic E-state index is -0.290. The Bertz CT molecular complexity index is 638. The standard InChI is InChI=1S/C19H26N2O4/c1-5-8-9-10-19(23)21(4)14-18(22)20-15-11-12-16(24-6-2)17(13-15)25-7-3/h5,8-13H,6-7,14H2,1-4H3,(H,20,22)/b8-5+,10-9+. The van der Waals surface area contributed by atoms with Gasteiger partial charge < -0.3 is 19.7 Å². The number of benzene rings is 1. The molecule has 1 aromatic rings. The Morgan fingerprint density at radius 2 is 1.80 bits per heavy atom. The summed E-state index contributed by atoms with van der Waals surface area (Å²) in [6.45, 7) is 6.61. The molecule has 0 aliphatic carbocycles. The van der Waals surface area contributed by atoms with E-state index in [4.69, 9.17) is 9.47 Å². The van der Waals surface area contributed by atoms with Crippen molar-refractivity contribution in [2.24, 2.45) is 0 Å². The number of amides is 2. The van der Waals surface area contributed by atoms with Gasteiger partial charge in [0.25, 0.3) is 0 Å². The number of carbonyl (C=O) groups excluding carboxylic acids is 2. The first-order valence-electron chi connectivity index (χ1n) is 8.25. The summed E-state index contributed by atoms with van der Waals surface area (Å²) in [5.41, 5.74) is 0.585. The molecule has 0 radical (unpaired) electrons. The average Bonchev–Trinajstić information content (AvgIpc) is 2.57. The van der Waals surface area contributed by atoms with E-state index in [1.165, 1.54) is 11.0 Å². The van der Waals surface area contributed by atoms with Crippen molar-refractivity contribution in [2.45, 2.75) is 20.8 Å². The minimum absolute atomic E-state index is 0.0454. The summed E-state index contributed by atoms with van der Waals surface area (Å²) in [6, 6.07) is 5.19. The fraction of sp³-hybridized carbons (Fsp3) is 0.368. The van der Waals surface area contributed by atoms with E-state index in [1.807, 2.05) is 26.8 Å². The maximum atomic E-state index is 12.1. The van der Waals surface area contributed by atoms with Crippen molar-refractivity contribution in [3.8, 4) is 11.5 Å². The number of nitrogens with one attached hydrogen (secondary N) is 1. The summed E-state index contributed by atoms with van der Waals surface area (Å²) in [6.07, 6.45) is 6.62. The van der Waals surface area contributed by atoms with Crippen LogP contribution in [0, 0.1) is 0 Å². The predicted molar refractivity (Wildman–Crippen MR) is 99.0 cm³/mol. The number of anilines is 1. The van der Waals surface area contributed by atoms with Gasteiger partial charge in [0.1, 0.15) is 0 Å². The van der Waals surface area contributed by atoms with E-state index in [0.29, 0.717) is 30.4 Å². The van der Waals surface area contributed by atoms with Crippen LogP contribution < -0.4 is 14.8 Å². The lowest BCUT2D eigenvalue weighted by molar-refractivity contribution is -0.129. The molecule has 0 unspecified atom stereocenters. The zero-order chi connectivity index (χ0) is 18.7. The van der Waals surface area contributed by atoms with E-state index in [-0.39, 0.29) is 18.4 Å². The molecule has 0 aliphatic rings. The van der Waals surface area contributed by atoms with Gasteiger partial charge in [0.05, 0.1) is 19.8 Å². The van der Waals surface area contributed by atoms with Gasteiger partial charge in [0, 0.05) is 24.9 Å². The van der Waals surface area contributed by atoms with E-state index >= 15 is 0 Å². The van der Waals surface area contributed by atoms with Gasteiger partial charge in [-0.05, 0) is 32.9 Å². The lowest BCUT2D eigenvalue weighted by Gasteiger charge is -2.16.